The van der Waals surface area contributed by atoms with Crippen molar-refractivity contribution in [2.24, 2.45) is 35.5 Å². The zero-order valence-electron chi connectivity index (χ0n) is 24.0. The van der Waals surface area contributed by atoms with Gasteiger partial charge in [-0.2, -0.15) is 0 Å². The summed E-state index contributed by atoms with van der Waals surface area (Å²) < 4.78 is 25.2. The van der Waals surface area contributed by atoms with E-state index in [4.69, 9.17) is 18.9 Å². The van der Waals surface area contributed by atoms with Gasteiger partial charge in [0.2, 0.25) is 0 Å². The number of hydrogen-bond donors (Lipinski definition) is 0. The molecule has 14 unspecified atom stereocenters. The molecule has 0 aromatic heterocycles. The lowest BCUT2D eigenvalue weighted by molar-refractivity contribution is 0.0968. The third kappa shape index (κ3) is 4.12. The van der Waals surface area contributed by atoms with Crippen molar-refractivity contribution in [3.63, 3.8) is 0 Å². The van der Waals surface area contributed by atoms with Gasteiger partial charge < -0.3 is 18.9 Å². The van der Waals surface area contributed by atoms with E-state index in [0.717, 1.165) is 35.5 Å². The summed E-state index contributed by atoms with van der Waals surface area (Å²) in [5.41, 5.74) is 0.796. The molecule has 8 aliphatic rings. The minimum atomic E-state index is 0.195. The van der Waals surface area contributed by atoms with Gasteiger partial charge in [-0.25, -0.2) is 0 Å². The Labute approximate surface area is 225 Å². The molecule has 4 heteroatoms. The quantitative estimate of drug-likeness (QED) is 0.322. The van der Waals surface area contributed by atoms with E-state index in [1.54, 1.807) is 0 Å². The highest BCUT2D eigenvalue weighted by molar-refractivity contribution is 5.12. The van der Waals surface area contributed by atoms with Crippen molar-refractivity contribution in [1.82, 2.24) is 0 Å². The van der Waals surface area contributed by atoms with Gasteiger partial charge in [0, 0.05) is 0 Å². The first-order valence-corrected chi connectivity index (χ1v) is 16.4. The molecule has 0 aromatic rings. The van der Waals surface area contributed by atoms with E-state index >= 15 is 0 Å². The maximum atomic E-state index is 6.43. The van der Waals surface area contributed by atoms with Crippen molar-refractivity contribution in [3.8, 4) is 0 Å². The van der Waals surface area contributed by atoms with Gasteiger partial charge in [-0.05, 0) is 140 Å². The Hall–Kier alpha value is -0.160. The molecule has 0 bridgehead atoms. The fraction of sp³-hybridized carbons (Fsp3) is 1.00. The van der Waals surface area contributed by atoms with Crippen molar-refractivity contribution >= 4 is 0 Å². The predicted molar refractivity (Wildman–Crippen MR) is 143 cm³/mol. The third-order valence-electron chi connectivity index (χ3n) is 13.5. The van der Waals surface area contributed by atoms with Crippen LogP contribution in [0.3, 0.4) is 0 Å². The van der Waals surface area contributed by atoms with Crippen molar-refractivity contribution in [1.29, 1.82) is 0 Å². The van der Waals surface area contributed by atoms with Gasteiger partial charge in [0.25, 0.3) is 0 Å². The summed E-state index contributed by atoms with van der Waals surface area (Å²) in [7, 11) is 0. The normalized spacial score (nSPS) is 58.7. The molecule has 0 aromatic carbocycles. The van der Waals surface area contributed by atoms with Crippen molar-refractivity contribution < 1.29 is 18.9 Å². The Kier molecular flexibility index (Phi) is 5.46. The minimum absolute atomic E-state index is 0.195. The van der Waals surface area contributed by atoms with Crippen molar-refractivity contribution in [2.45, 2.75) is 171 Å². The van der Waals surface area contributed by atoms with Crippen LogP contribution in [-0.4, -0.2) is 46.8 Å². The molecule has 4 saturated heterocycles. The van der Waals surface area contributed by atoms with E-state index in [9.17, 15) is 0 Å². The summed E-state index contributed by atoms with van der Waals surface area (Å²) >= 11 is 0. The summed E-state index contributed by atoms with van der Waals surface area (Å²) in [6.07, 6.45) is 22.4. The van der Waals surface area contributed by atoms with E-state index in [2.05, 4.69) is 27.7 Å². The number of fused-ring (bicyclic) bond motifs is 4. The lowest BCUT2D eigenvalue weighted by atomic mass is 9.63. The van der Waals surface area contributed by atoms with Gasteiger partial charge in [0.15, 0.2) is 0 Å². The third-order valence-corrected chi connectivity index (χ3v) is 13.5. The molecule has 8 rings (SSSR count). The minimum Gasteiger partial charge on any atom is -0.366 e. The largest absolute Gasteiger partial charge is 0.366 e. The van der Waals surface area contributed by atoms with Crippen molar-refractivity contribution in [2.75, 3.05) is 0 Å². The molecule has 4 aliphatic carbocycles. The van der Waals surface area contributed by atoms with Crippen LogP contribution in [0.15, 0.2) is 0 Å². The zero-order valence-corrected chi connectivity index (χ0v) is 24.0. The maximum Gasteiger partial charge on any atom is 0.0923 e. The van der Waals surface area contributed by atoms with Crippen LogP contribution in [0.4, 0.5) is 0 Å². The summed E-state index contributed by atoms with van der Waals surface area (Å²) in [6, 6.07) is 0. The monoisotopic (exact) mass is 512 g/mol. The second kappa shape index (κ2) is 8.20. The first kappa shape index (κ1) is 24.6. The number of hydrogen-bond acceptors (Lipinski definition) is 4. The van der Waals surface area contributed by atoms with Crippen LogP contribution in [0.1, 0.15) is 124 Å². The molecular weight excluding hydrogens is 460 g/mol. The van der Waals surface area contributed by atoms with Gasteiger partial charge in [0.1, 0.15) is 0 Å². The Morgan fingerprint density at radius 2 is 1.03 bits per heavy atom. The molecule has 14 atom stereocenters. The lowest BCUT2D eigenvalue weighted by Crippen LogP contribution is -2.38. The Morgan fingerprint density at radius 3 is 1.46 bits per heavy atom. The smallest absolute Gasteiger partial charge is 0.0923 e. The average molecular weight is 513 g/mol. The predicted octanol–water partition coefficient (Wildman–Crippen LogP) is 7.22. The Balaban J connectivity index is 0.990. The van der Waals surface area contributed by atoms with Crippen LogP contribution < -0.4 is 0 Å². The standard InChI is InChI=1S/C33H52O4/c1-30-16-6-10-24(28(30)36-30)22(20-12-14-26-32(3,18-20)34-26)8-5-9-23(21-13-15-27-33(4,19-21)35-27)25-11-7-17-31(2)29(25)37-31/h20-29H,5-19H2,1-4H3. The van der Waals surface area contributed by atoms with Crippen LogP contribution in [0.25, 0.3) is 0 Å². The molecule has 8 fully saturated rings. The molecule has 37 heavy (non-hydrogen) atoms. The number of epoxide rings is 4. The van der Waals surface area contributed by atoms with Gasteiger partial charge in [-0.1, -0.05) is 19.3 Å². The summed E-state index contributed by atoms with van der Waals surface area (Å²) in [6.45, 7) is 9.57. The highest BCUT2D eigenvalue weighted by Gasteiger charge is 2.64. The molecule has 0 radical (unpaired) electrons. The van der Waals surface area contributed by atoms with Gasteiger partial charge in [-0.15, -0.1) is 0 Å². The van der Waals surface area contributed by atoms with Gasteiger partial charge in [-0.3, -0.25) is 0 Å². The molecule has 4 heterocycles. The molecule has 4 aliphatic heterocycles. The summed E-state index contributed by atoms with van der Waals surface area (Å²) in [4.78, 5) is 0. The van der Waals surface area contributed by atoms with E-state index in [1.807, 2.05) is 0 Å². The van der Waals surface area contributed by atoms with Gasteiger partial charge >= 0.3 is 0 Å². The van der Waals surface area contributed by atoms with Crippen LogP contribution in [-0.2, 0) is 18.9 Å². The van der Waals surface area contributed by atoms with Crippen LogP contribution in [0, 0.1) is 35.5 Å². The lowest BCUT2D eigenvalue weighted by Gasteiger charge is -2.40. The zero-order chi connectivity index (χ0) is 25.2. The maximum absolute atomic E-state index is 6.43. The van der Waals surface area contributed by atoms with Crippen molar-refractivity contribution in [3.05, 3.63) is 0 Å². The first-order chi connectivity index (χ1) is 17.7. The topological polar surface area (TPSA) is 50.1 Å². The SMILES string of the molecule is CC12CC(C(CCCC(C3CCC4OC4(C)C3)C3CCCC4(C)OC34)C3CCCC4(C)OC34)CCC1O2. The Bertz CT molecular complexity index is 850. The molecule has 0 amide bonds. The molecule has 4 nitrogen and oxygen atoms in total. The summed E-state index contributed by atoms with van der Waals surface area (Å²) in [5, 5.41) is 0. The highest BCUT2D eigenvalue weighted by Crippen LogP contribution is 2.60. The average Bonchev–Trinajstić information content (AvgIpc) is 3.72. The van der Waals surface area contributed by atoms with E-state index < -0.39 is 0 Å². The molecule has 0 spiro atoms. The molecular formula is C33H52O4. The summed E-state index contributed by atoms with van der Waals surface area (Å²) in [5.74, 6) is 4.86. The molecule has 4 saturated carbocycles. The number of ether oxygens (including phenoxy) is 4. The first-order valence-electron chi connectivity index (χ1n) is 16.4. The molecule has 0 N–H and O–H groups in total. The van der Waals surface area contributed by atoms with E-state index in [0.29, 0.717) is 24.4 Å². The molecule has 208 valence electrons. The highest BCUT2D eigenvalue weighted by atomic mass is 16.6. The fourth-order valence-corrected chi connectivity index (χ4v) is 11.1. The van der Waals surface area contributed by atoms with Crippen LogP contribution in [0.5, 0.6) is 0 Å². The van der Waals surface area contributed by atoms with Crippen LogP contribution >= 0.6 is 0 Å². The number of rotatable bonds is 8. The second-order valence-electron chi connectivity index (χ2n) is 16.0. The van der Waals surface area contributed by atoms with E-state index in [-0.39, 0.29) is 22.4 Å². The van der Waals surface area contributed by atoms with E-state index in [1.165, 1.54) is 96.3 Å². The fourth-order valence-electron chi connectivity index (χ4n) is 11.1. The van der Waals surface area contributed by atoms with Gasteiger partial charge in [0.05, 0.1) is 46.8 Å². The van der Waals surface area contributed by atoms with Crippen LogP contribution in [0.2, 0.25) is 0 Å². The Morgan fingerprint density at radius 1 is 0.568 bits per heavy atom. The second-order valence-corrected chi connectivity index (χ2v) is 16.0.